The number of aliphatic carboxylic acids is 1. The van der Waals surface area contributed by atoms with Gasteiger partial charge in [-0.05, 0) is 19.3 Å². The highest BCUT2D eigenvalue weighted by Crippen LogP contribution is 2.19. The van der Waals surface area contributed by atoms with Crippen LogP contribution in [0.3, 0.4) is 0 Å². The number of nitrogens with zero attached hydrogens (tertiary/aromatic N) is 3. The van der Waals surface area contributed by atoms with Crippen molar-refractivity contribution in [2.45, 2.75) is 25.3 Å². The van der Waals surface area contributed by atoms with Gasteiger partial charge in [-0.1, -0.05) is 0 Å². The Labute approximate surface area is 98.8 Å². The molecule has 0 spiro atoms. The third kappa shape index (κ3) is 2.30. The average molecular weight is 237 g/mol. The molecule has 1 aliphatic heterocycles. The van der Waals surface area contributed by atoms with E-state index in [9.17, 15) is 9.59 Å². The van der Waals surface area contributed by atoms with E-state index in [1.165, 1.54) is 15.8 Å². The summed E-state index contributed by atoms with van der Waals surface area (Å²) in [5, 5.41) is 13.0. The number of hydrogen-bond acceptors (Lipinski definition) is 3. The van der Waals surface area contributed by atoms with Gasteiger partial charge in [0.05, 0.1) is 11.8 Å². The topological polar surface area (TPSA) is 75.4 Å². The van der Waals surface area contributed by atoms with E-state index in [1.807, 2.05) is 0 Å². The first kappa shape index (κ1) is 11.6. The molecule has 1 saturated heterocycles. The van der Waals surface area contributed by atoms with Gasteiger partial charge in [0.1, 0.15) is 6.04 Å². The first-order valence-corrected chi connectivity index (χ1v) is 5.62. The van der Waals surface area contributed by atoms with Crippen LogP contribution in [-0.4, -0.2) is 44.3 Å². The Morgan fingerprint density at radius 3 is 2.82 bits per heavy atom. The lowest BCUT2D eigenvalue weighted by Gasteiger charge is -2.32. The van der Waals surface area contributed by atoms with E-state index >= 15 is 0 Å². The fourth-order valence-electron chi connectivity index (χ4n) is 2.13. The van der Waals surface area contributed by atoms with Crippen molar-refractivity contribution >= 4 is 11.9 Å². The molecule has 0 saturated carbocycles. The van der Waals surface area contributed by atoms with Crippen molar-refractivity contribution in [1.82, 2.24) is 14.7 Å². The van der Waals surface area contributed by atoms with Gasteiger partial charge in [0.2, 0.25) is 0 Å². The molecule has 92 valence electrons. The van der Waals surface area contributed by atoms with E-state index in [-0.39, 0.29) is 5.91 Å². The molecule has 0 aromatic carbocycles. The number of carboxylic acid groups (broad SMARTS) is 1. The lowest BCUT2D eigenvalue weighted by atomic mass is 10.0. The van der Waals surface area contributed by atoms with Crippen molar-refractivity contribution in [3.05, 3.63) is 18.0 Å². The summed E-state index contributed by atoms with van der Waals surface area (Å²) < 4.78 is 1.53. The fraction of sp³-hybridized carbons (Fsp3) is 0.545. The van der Waals surface area contributed by atoms with Crippen molar-refractivity contribution in [2.75, 3.05) is 6.54 Å². The molecule has 1 N–H and O–H groups in total. The third-order valence-corrected chi connectivity index (χ3v) is 3.00. The Morgan fingerprint density at radius 1 is 1.47 bits per heavy atom. The van der Waals surface area contributed by atoms with Crippen LogP contribution in [0.4, 0.5) is 0 Å². The highest BCUT2D eigenvalue weighted by Gasteiger charge is 2.32. The highest BCUT2D eigenvalue weighted by atomic mass is 16.4. The number of aryl methyl sites for hydroxylation is 1. The van der Waals surface area contributed by atoms with Gasteiger partial charge in [-0.25, -0.2) is 4.79 Å². The predicted molar refractivity (Wildman–Crippen MR) is 59.5 cm³/mol. The van der Waals surface area contributed by atoms with Crippen LogP contribution in [0.1, 0.15) is 29.6 Å². The number of carbonyl (C=O) groups excluding carboxylic acids is 1. The van der Waals surface area contributed by atoms with Crippen LogP contribution in [-0.2, 0) is 11.8 Å². The van der Waals surface area contributed by atoms with E-state index in [1.54, 1.807) is 13.2 Å². The highest BCUT2D eigenvalue weighted by molar-refractivity contribution is 5.96. The second-order valence-corrected chi connectivity index (χ2v) is 4.25. The Morgan fingerprint density at radius 2 is 2.24 bits per heavy atom. The number of aromatic nitrogens is 2. The summed E-state index contributed by atoms with van der Waals surface area (Å²) in [7, 11) is 1.72. The summed E-state index contributed by atoms with van der Waals surface area (Å²) in [6, 6.07) is -0.698. The van der Waals surface area contributed by atoms with Crippen molar-refractivity contribution in [1.29, 1.82) is 0 Å². The van der Waals surface area contributed by atoms with Crippen molar-refractivity contribution in [3.8, 4) is 0 Å². The third-order valence-electron chi connectivity index (χ3n) is 3.00. The quantitative estimate of drug-likeness (QED) is 0.812. The van der Waals surface area contributed by atoms with Crippen molar-refractivity contribution < 1.29 is 14.7 Å². The van der Waals surface area contributed by atoms with Crippen LogP contribution >= 0.6 is 0 Å². The molecule has 17 heavy (non-hydrogen) atoms. The Kier molecular flexibility index (Phi) is 3.12. The van der Waals surface area contributed by atoms with Crippen LogP contribution in [0.15, 0.2) is 12.4 Å². The average Bonchev–Trinajstić information content (AvgIpc) is 2.75. The second kappa shape index (κ2) is 4.57. The van der Waals surface area contributed by atoms with Gasteiger partial charge < -0.3 is 10.0 Å². The summed E-state index contributed by atoms with van der Waals surface area (Å²) in [6.45, 7) is 0.505. The molecule has 2 heterocycles. The lowest BCUT2D eigenvalue weighted by Crippen LogP contribution is -2.47. The van der Waals surface area contributed by atoms with E-state index in [2.05, 4.69) is 5.10 Å². The molecular weight excluding hydrogens is 222 g/mol. The number of amides is 1. The first-order chi connectivity index (χ1) is 8.09. The van der Waals surface area contributed by atoms with Gasteiger partial charge in [-0.15, -0.1) is 0 Å². The van der Waals surface area contributed by atoms with Crippen LogP contribution in [0, 0.1) is 0 Å². The standard InChI is InChI=1S/C11H15N3O3/c1-13-7-8(6-12-13)10(15)14-5-3-2-4-9(14)11(16)17/h6-7,9H,2-5H2,1H3,(H,16,17)/t9-/m1/s1. The second-order valence-electron chi connectivity index (χ2n) is 4.25. The number of carboxylic acids is 1. The van der Waals surface area contributed by atoms with E-state index in [0.29, 0.717) is 18.5 Å². The molecule has 1 amide bonds. The maximum Gasteiger partial charge on any atom is 0.326 e. The summed E-state index contributed by atoms with van der Waals surface area (Å²) >= 11 is 0. The number of carbonyl (C=O) groups is 2. The number of hydrogen-bond donors (Lipinski definition) is 1. The monoisotopic (exact) mass is 237 g/mol. The smallest absolute Gasteiger partial charge is 0.326 e. The first-order valence-electron chi connectivity index (χ1n) is 5.62. The Hall–Kier alpha value is -1.85. The molecule has 6 nitrogen and oxygen atoms in total. The summed E-state index contributed by atoms with van der Waals surface area (Å²) in [5.74, 6) is -1.17. The molecule has 1 aliphatic rings. The van der Waals surface area contributed by atoms with E-state index in [4.69, 9.17) is 5.11 Å². The van der Waals surface area contributed by atoms with Crippen LogP contribution in [0.2, 0.25) is 0 Å². The SMILES string of the molecule is Cn1cc(C(=O)N2CCCC[C@@H]2C(=O)O)cn1. The minimum Gasteiger partial charge on any atom is -0.480 e. The number of rotatable bonds is 2. The molecular formula is C11H15N3O3. The zero-order valence-electron chi connectivity index (χ0n) is 9.67. The summed E-state index contributed by atoms with van der Waals surface area (Å²) in [6.07, 6.45) is 5.32. The van der Waals surface area contributed by atoms with Gasteiger partial charge in [0, 0.05) is 19.8 Å². The normalized spacial score (nSPS) is 20.3. The van der Waals surface area contributed by atoms with Crippen LogP contribution in [0.5, 0.6) is 0 Å². The van der Waals surface area contributed by atoms with Gasteiger partial charge >= 0.3 is 5.97 Å². The zero-order valence-corrected chi connectivity index (χ0v) is 9.67. The molecule has 1 atom stereocenters. The van der Waals surface area contributed by atoms with E-state index in [0.717, 1.165) is 12.8 Å². The van der Waals surface area contributed by atoms with E-state index < -0.39 is 12.0 Å². The van der Waals surface area contributed by atoms with Crippen LogP contribution < -0.4 is 0 Å². The number of piperidine rings is 1. The van der Waals surface area contributed by atoms with Crippen molar-refractivity contribution in [3.63, 3.8) is 0 Å². The molecule has 1 fully saturated rings. The minimum absolute atomic E-state index is 0.245. The van der Waals surface area contributed by atoms with Gasteiger partial charge in [-0.3, -0.25) is 9.48 Å². The fourth-order valence-corrected chi connectivity index (χ4v) is 2.13. The van der Waals surface area contributed by atoms with Gasteiger partial charge in [-0.2, -0.15) is 5.10 Å². The molecule has 0 unspecified atom stereocenters. The van der Waals surface area contributed by atoms with Gasteiger partial charge in [0.15, 0.2) is 0 Å². The molecule has 1 aromatic rings. The maximum absolute atomic E-state index is 12.1. The lowest BCUT2D eigenvalue weighted by molar-refractivity contribution is -0.143. The molecule has 0 radical (unpaired) electrons. The molecule has 0 bridgehead atoms. The molecule has 6 heteroatoms. The molecule has 1 aromatic heterocycles. The van der Waals surface area contributed by atoms with Gasteiger partial charge in [0.25, 0.3) is 5.91 Å². The summed E-state index contributed by atoms with van der Waals surface area (Å²) in [5.41, 5.74) is 0.445. The molecule has 2 rings (SSSR count). The number of likely N-dealkylation sites (tertiary alicyclic amines) is 1. The Balaban J connectivity index is 2.19. The molecule has 0 aliphatic carbocycles. The predicted octanol–water partition coefficient (Wildman–Crippen LogP) is 0.499. The minimum atomic E-state index is -0.929. The maximum atomic E-state index is 12.1. The summed E-state index contributed by atoms with van der Waals surface area (Å²) in [4.78, 5) is 24.7. The van der Waals surface area contributed by atoms with Crippen LogP contribution in [0.25, 0.3) is 0 Å². The Bertz CT molecular complexity index is 441. The van der Waals surface area contributed by atoms with Crippen molar-refractivity contribution in [2.24, 2.45) is 7.05 Å². The largest absolute Gasteiger partial charge is 0.480 e. The zero-order chi connectivity index (χ0) is 12.4.